The van der Waals surface area contributed by atoms with Crippen LogP contribution in [0.25, 0.3) is 10.8 Å². The van der Waals surface area contributed by atoms with Crippen molar-refractivity contribution in [3.05, 3.63) is 40.7 Å². The minimum Gasteiger partial charge on any atom is -0.507 e. The zero-order valence-electron chi connectivity index (χ0n) is 22.2. The van der Waals surface area contributed by atoms with E-state index in [1.165, 1.54) is 4.90 Å². The number of Topliss-reactive ketones (excluding diaryl/α,β-unsaturated/α-hetero) is 3. The van der Waals surface area contributed by atoms with Crippen LogP contribution in [-0.4, -0.2) is 87.8 Å². The molecule has 6 rings (SSSR count). The summed E-state index contributed by atoms with van der Waals surface area (Å²) in [5.41, 5.74) is 2.54. The fourth-order valence-corrected chi connectivity index (χ4v) is 7.42. The zero-order chi connectivity index (χ0) is 28.8. The second-order valence-corrected chi connectivity index (χ2v) is 11.9. The number of nitrogens with two attached hydrogens (primary N) is 1. The topological polar surface area (TPSA) is 165 Å². The van der Waals surface area contributed by atoms with Crippen molar-refractivity contribution in [2.45, 2.75) is 37.5 Å². The number of likely N-dealkylation sites (tertiary alicyclic amines) is 1. The lowest BCUT2D eigenvalue weighted by Gasteiger charge is -2.53. The number of rotatable bonds is 4. The molecule has 6 unspecified atom stereocenters. The highest BCUT2D eigenvalue weighted by Crippen LogP contribution is 2.52. The highest BCUT2D eigenvalue weighted by atomic mass is 19.1. The largest absolute Gasteiger partial charge is 0.507 e. The van der Waals surface area contributed by atoms with Gasteiger partial charge in [0.25, 0.3) is 0 Å². The summed E-state index contributed by atoms with van der Waals surface area (Å²) in [5.74, 6) is -10.0. The third-order valence-electron chi connectivity index (χ3n) is 9.45. The molecule has 10 nitrogen and oxygen atoms in total. The minimum absolute atomic E-state index is 0.00129. The first-order valence-electron chi connectivity index (χ1n) is 13.4. The molecule has 0 spiro atoms. The van der Waals surface area contributed by atoms with Gasteiger partial charge in [0.05, 0.1) is 23.2 Å². The lowest BCUT2D eigenvalue weighted by molar-refractivity contribution is -0.157. The van der Waals surface area contributed by atoms with Crippen molar-refractivity contribution in [2.24, 2.45) is 29.4 Å². The van der Waals surface area contributed by atoms with Gasteiger partial charge in [0, 0.05) is 28.8 Å². The summed E-state index contributed by atoms with van der Waals surface area (Å²) in [4.78, 5) is 57.0. The fourth-order valence-electron chi connectivity index (χ4n) is 7.42. The average molecular weight is 551 g/mol. The van der Waals surface area contributed by atoms with Crippen LogP contribution in [0.2, 0.25) is 0 Å². The highest BCUT2D eigenvalue weighted by Gasteiger charge is 2.67. The Balaban J connectivity index is 1.47. The van der Waals surface area contributed by atoms with Gasteiger partial charge < -0.3 is 21.4 Å². The average Bonchev–Trinajstić information content (AvgIpc) is 2.86. The van der Waals surface area contributed by atoms with E-state index in [1.807, 2.05) is 0 Å². The SMILES string of the molecule is CN(C)C1C(=O)C(C(N)=O)C(=N)C2(O)C(=O)C3C(=O)c4c(c(F)c5ccc(CN6CCC6)cc5c4O)CC3CC12. The molecule has 5 N–H and O–H groups in total. The first kappa shape index (κ1) is 26.7. The third-order valence-corrected chi connectivity index (χ3v) is 9.45. The van der Waals surface area contributed by atoms with Crippen molar-refractivity contribution in [1.82, 2.24) is 9.80 Å². The predicted molar refractivity (Wildman–Crippen MR) is 141 cm³/mol. The number of hydrogen-bond donors (Lipinski definition) is 4. The Morgan fingerprint density at radius 3 is 2.52 bits per heavy atom. The van der Waals surface area contributed by atoms with Gasteiger partial charge in [-0.15, -0.1) is 0 Å². The number of hydrogen-bond acceptors (Lipinski definition) is 9. The maximum Gasteiger partial charge on any atom is 0.233 e. The lowest BCUT2D eigenvalue weighted by atomic mass is 9.52. The van der Waals surface area contributed by atoms with Crippen LogP contribution in [0.3, 0.4) is 0 Å². The zero-order valence-corrected chi connectivity index (χ0v) is 22.2. The van der Waals surface area contributed by atoms with E-state index in [9.17, 15) is 29.4 Å². The molecule has 2 aromatic carbocycles. The molecule has 1 aliphatic heterocycles. The Morgan fingerprint density at radius 1 is 1.23 bits per heavy atom. The van der Waals surface area contributed by atoms with Gasteiger partial charge in [-0.05, 0) is 64.0 Å². The number of nitrogens with zero attached hydrogens (tertiary/aromatic N) is 2. The van der Waals surface area contributed by atoms with E-state index in [0.29, 0.717) is 6.54 Å². The Morgan fingerprint density at radius 2 is 1.93 bits per heavy atom. The van der Waals surface area contributed by atoms with Crippen LogP contribution in [0.4, 0.5) is 4.39 Å². The number of ketones is 3. The first-order valence-corrected chi connectivity index (χ1v) is 13.4. The van der Waals surface area contributed by atoms with Gasteiger partial charge >= 0.3 is 0 Å². The highest BCUT2D eigenvalue weighted by molar-refractivity contribution is 6.33. The van der Waals surface area contributed by atoms with Crippen LogP contribution in [0.15, 0.2) is 18.2 Å². The summed E-state index contributed by atoms with van der Waals surface area (Å²) < 4.78 is 16.0. The van der Waals surface area contributed by atoms with Gasteiger partial charge in [-0.1, -0.05) is 12.1 Å². The van der Waals surface area contributed by atoms with Crippen LogP contribution in [0.1, 0.15) is 34.3 Å². The molecule has 3 aliphatic carbocycles. The van der Waals surface area contributed by atoms with Gasteiger partial charge in [0.1, 0.15) is 17.5 Å². The second-order valence-electron chi connectivity index (χ2n) is 11.9. The number of phenols is 1. The number of aliphatic hydroxyl groups is 1. The molecule has 2 saturated carbocycles. The summed E-state index contributed by atoms with van der Waals surface area (Å²) in [5, 5.41) is 31.9. The smallest absolute Gasteiger partial charge is 0.233 e. The van der Waals surface area contributed by atoms with E-state index < -0.39 is 75.8 Å². The first-order chi connectivity index (χ1) is 18.9. The number of likely N-dealkylation sites (N-methyl/N-ethyl adjacent to an activating group) is 1. The Kier molecular flexibility index (Phi) is 5.99. The van der Waals surface area contributed by atoms with Crippen molar-refractivity contribution >= 4 is 39.7 Å². The molecular weight excluding hydrogens is 519 g/mol. The molecule has 1 saturated heterocycles. The number of fused-ring (bicyclic) bond motifs is 4. The summed E-state index contributed by atoms with van der Waals surface area (Å²) in [6.45, 7) is 2.51. The van der Waals surface area contributed by atoms with E-state index in [1.54, 1.807) is 32.3 Å². The standard InChI is InChI=1S/C29H31FN4O6/c1-33(2)22-17-10-13-9-16-19(23(35)15-8-12(11-34-6-3-7-34)4-5-14(15)21(16)30)24(36)18(13)27(38)29(17,40)26(31)20(25(22)37)28(32)39/h4-5,8,13,17-18,20,22,31,35,40H,3,6-7,9-11H2,1-2H3,(H2,32,39). The normalized spacial score (nSPS) is 32.1. The summed E-state index contributed by atoms with van der Waals surface area (Å²) in [7, 11) is 3.10. The number of carbonyl (C=O) groups excluding carboxylic acids is 4. The number of primary amides is 1. The monoisotopic (exact) mass is 550 g/mol. The molecular formula is C29H31FN4O6. The number of amides is 1. The molecule has 1 heterocycles. The van der Waals surface area contributed by atoms with E-state index in [4.69, 9.17) is 11.1 Å². The predicted octanol–water partition coefficient (Wildman–Crippen LogP) is 0.816. The van der Waals surface area contributed by atoms with Crippen LogP contribution in [-0.2, 0) is 27.3 Å². The molecule has 0 radical (unpaired) electrons. The van der Waals surface area contributed by atoms with Gasteiger partial charge in [-0.2, -0.15) is 0 Å². The van der Waals surface area contributed by atoms with E-state index in [0.717, 1.165) is 25.1 Å². The molecule has 0 aromatic heterocycles. The van der Waals surface area contributed by atoms with Crippen molar-refractivity contribution in [2.75, 3.05) is 27.2 Å². The third kappa shape index (κ3) is 3.47. The van der Waals surface area contributed by atoms with E-state index in [2.05, 4.69) is 4.90 Å². The van der Waals surface area contributed by atoms with E-state index in [-0.39, 0.29) is 34.7 Å². The van der Waals surface area contributed by atoms with Crippen molar-refractivity contribution in [1.29, 1.82) is 5.41 Å². The Bertz CT molecular complexity index is 1530. The van der Waals surface area contributed by atoms with Crippen molar-refractivity contribution < 1.29 is 33.8 Å². The molecule has 0 bridgehead atoms. The van der Waals surface area contributed by atoms with Gasteiger partial charge in [-0.25, -0.2) is 4.39 Å². The molecule has 1 amide bonds. The van der Waals surface area contributed by atoms with Gasteiger partial charge in [0.2, 0.25) is 5.91 Å². The summed E-state index contributed by atoms with van der Waals surface area (Å²) in [6.07, 6.45) is 0.976. The molecule has 40 heavy (non-hydrogen) atoms. The number of carbonyl (C=O) groups is 4. The summed E-state index contributed by atoms with van der Waals surface area (Å²) >= 11 is 0. The molecule has 210 valence electrons. The van der Waals surface area contributed by atoms with Crippen LogP contribution in [0.5, 0.6) is 5.75 Å². The lowest BCUT2D eigenvalue weighted by Crippen LogP contribution is -2.73. The number of aromatic hydroxyl groups is 1. The quantitative estimate of drug-likeness (QED) is 0.406. The fraction of sp³-hybridized carbons (Fsp3) is 0.483. The Hall–Kier alpha value is -3.54. The van der Waals surface area contributed by atoms with Crippen LogP contribution >= 0.6 is 0 Å². The van der Waals surface area contributed by atoms with Crippen LogP contribution in [0, 0.1) is 34.9 Å². The van der Waals surface area contributed by atoms with Crippen LogP contribution < -0.4 is 5.73 Å². The van der Waals surface area contributed by atoms with Crippen molar-refractivity contribution in [3.63, 3.8) is 0 Å². The molecule has 3 fully saturated rings. The molecule has 6 atom stereocenters. The maximum atomic E-state index is 16.0. The number of halogens is 1. The number of benzene rings is 2. The van der Waals surface area contributed by atoms with Gasteiger partial charge in [0.15, 0.2) is 23.0 Å². The molecule has 4 aliphatic rings. The number of nitrogens with one attached hydrogen (secondary N) is 1. The van der Waals surface area contributed by atoms with E-state index >= 15 is 4.39 Å². The molecule has 11 heteroatoms. The minimum atomic E-state index is -2.59. The molecule has 2 aromatic rings. The Labute approximate surface area is 229 Å². The maximum absolute atomic E-state index is 16.0. The number of phenolic OH excluding ortho intramolecular Hbond substituents is 1. The van der Waals surface area contributed by atoms with Gasteiger partial charge in [-0.3, -0.25) is 29.0 Å². The van der Waals surface area contributed by atoms with Crippen molar-refractivity contribution in [3.8, 4) is 5.75 Å². The summed E-state index contributed by atoms with van der Waals surface area (Å²) in [6, 6.07) is 3.91. The second kappa shape index (κ2) is 8.98.